The first kappa shape index (κ1) is 19.3. The van der Waals surface area contributed by atoms with Crippen LogP contribution >= 0.6 is 0 Å². The van der Waals surface area contributed by atoms with Gasteiger partial charge < -0.3 is 10.1 Å². The van der Waals surface area contributed by atoms with Gasteiger partial charge in [-0.1, -0.05) is 0 Å². The molecule has 8 nitrogen and oxygen atoms in total. The van der Waals surface area contributed by atoms with Crippen molar-refractivity contribution in [3.05, 3.63) is 61.5 Å². The van der Waals surface area contributed by atoms with Crippen LogP contribution in [0.4, 0.5) is 24.5 Å². The Kier molecular flexibility index (Phi) is 4.53. The van der Waals surface area contributed by atoms with Crippen molar-refractivity contribution in [1.29, 1.82) is 0 Å². The number of nitrogens with zero attached hydrogens (tertiary/aromatic N) is 3. The Hall–Kier alpha value is -3.50. The summed E-state index contributed by atoms with van der Waals surface area (Å²) in [6.45, 7) is 0. The van der Waals surface area contributed by atoms with E-state index in [1.165, 1.54) is 48.5 Å². The van der Waals surface area contributed by atoms with Gasteiger partial charge in [0.25, 0.3) is 11.1 Å². The maximum Gasteiger partial charge on any atom is 0.573 e. The lowest BCUT2D eigenvalue weighted by atomic mass is 10.2. The maximum absolute atomic E-state index is 12.6. The molecule has 2 aromatic heterocycles. The molecular formula is C17H15F3N4O4. The molecule has 0 aliphatic rings. The average Bonchev–Trinajstić information content (AvgIpc) is 2.61. The average molecular weight is 396 g/mol. The predicted molar refractivity (Wildman–Crippen MR) is 96.1 cm³/mol. The van der Waals surface area contributed by atoms with Crippen molar-refractivity contribution < 1.29 is 17.9 Å². The van der Waals surface area contributed by atoms with Crippen molar-refractivity contribution in [2.24, 2.45) is 21.1 Å². The fourth-order valence-corrected chi connectivity index (χ4v) is 2.85. The lowest BCUT2D eigenvalue weighted by Crippen LogP contribution is -2.39. The number of fused-ring (bicyclic) bond motifs is 1. The zero-order valence-corrected chi connectivity index (χ0v) is 15.0. The van der Waals surface area contributed by atoms with E-state index in [4.69, 9.17) is 0 Å². The van der Waals surface area contributed by atoms with Crippen LogP contribution in [0.1, 0.15) is 0 Å². The van der Waals surface area contributed by atoms with Crippen LogP contribution in [0.15, 0.2) is 44.7 Å². The van der Waals surface area contributed by atoms with Crippen molar-refractivity contribution in [3.8, 4) is 5.75 Å². The summed E-state index contributed by atoms with van der Waals surface area (Å²) in [5.74, 6) is -0.412. The Morgan fingerprint density at radius 2 is 1.54 bits per heavy atom. The van der Waals surface area contributed by atoms with Crippen molar-refractivity contribution in [2.75, 3.05) is 5.32 Å². The molecule has 0 bridgehead atoms. The molecule has 11 heteroatoms. The monoisotopic (exact) mass is 396 g/mol. The Bertz CT molecular complexity index is 1240. The molecular weight excluding hydrogens is 381 g/mol. The van der Waals surface area contributed by atoms with Crippen molar-refractivity contribution in [1.82, 2.24) is 13.7 Å². The molecule has 148 valence electrons. The van der Waals surface area contributed by atoms with Crippen LogP contribution in [0.2, 0.25) is 0 Å². The highest BCUT2D eigenvalue weighted by atomic mass is 19.4. The van der Waals surface area contributed by atoms with Gasteiger partial charge >= 0.3 is 12.1 Å². The summed E-state index contributed by atoms with van der Waals surface area (Å²) >= 11 is 0. The van der Waals surface area contributed by atoms with E-state index in [0.717, 1.165) is 16.7 Å². The number of benzene rings is 1. The predicted octanol–water partition coefficient (Wildman–Crippen LogP) is 1.58. The molecule has 3 rings (SSSR count). The molecule has 0 aliphatic carbocycles. The summed E-state index contributed by atoms with van der Waals surface area (Å²) < 4.78 is 43.8. The van der Waals surface area contributed by atoms with Crippen molar-refractivity contribution in [2.45, 2.75) is 6.36 Å². The second-order valence-corrected chi connectivity index (χ2v) is 6.06. The first-order chi connectivity index (χ1) is 13.0. The second kappa shape index (κ2) is 6.59. The van der Waals surface area contributed by atoms with Gasteiger partial charge in [-0.15, -0.1) is 13.2 Å². The van der Waals surface area contributed by atoms with E-state index < -0.39 is 28.9 Å². The van der Waals surface area contributed by atoms with E-state index in [-0.39, 0.29) is 16.7 Å². The lowest BCUT2D eigenvalue weighted by Gasteiger charge is -2.15. The SMILES string of the molecule is Cn1c(=O)c2c(Nc3ccc(OC(F)(F)F)cc3)cc(=O)n(C)c2n(C)c1=O. The van der Waals surface area contributed by atoms with Crippen molar-refractivity contribution >= 4 is 22.4 Å². The van der Waals surface area contributed by atoms with E-state index in [1.54, 1.807) is 0 Å². The van der Waals surface area contributed by atoms with E-state index >= 15 is 0 Å². The van der Waals surface area contributed by atoms with Crippen LogP contribution in [0.25, 0.3) is 11.0 Å². The number of nitrogens with one attached hydrogen (secondary N) is 1. The van der Waals surface area contributed by atoms with Gasteiger partial charge in [0.15, 0.2) is 0 Å². The number of anilines is 2. The zero-order valence-electron chi connectivity index (χ0n) is 15.0. The molecule has 0 amide bonds. The number of alkyl halides is 3. The summed E-state index contributed by atoms with van der Waals surface area (Å²) in [4.78, 5) is 37.1. The van der Waals surface area contributed by atoms with E-state index in [2.05, 4.69) is 10.1 Å². The maximum atomic E-state index is 12.6. The largest absolute Gasteiger partial charge is 0.573 e. The van der Waals surface area contributed by atoms with Gasteiger partial charge in [0.05, 0.1) is 5.69 Å². The third-order valence-electron chi connectivity index (χ3n) is 4.19. The Balaban J connectivity index is 2.14. The van der Waals surface area contributed by atoms with Gasteiger partial charge in [0, 0.05) is 32.9 Å². The molecule has 1 N–H and O–H groups in total. The molecule has 0 atom stereocenters. The third kappa shape index (κ3) is 3.38. The van der Waals surface area contributed by atoms with E-state index in [9.17, 15) is 27.6 Å². The highest BCUT2D eigenvalue weighted by Crippen LogP contribution is 2.26. The van der Waals surface area contributed by atoms with Gasteiger partial charge in [-0.3, -0.25) is 23.3 Å². The van der Waals surface area contributed by atoms with Gasteiger partial charge in [0.1, 0.15) is 16.8 Å². The molecule has 28 heavy (non-hydrogen) atoms. The smallest absolute Gasteiger partial charge is 0.406 e. The van der Waals surface area contributed by atoms with Crippen LogP contribution in [0.5, 0.6) is 5.75 Å². The number of hydrogen-bond donors (Lipinski definition) is 1. The minimum atomic E-state index is -4.81. The topological polar surface area (TPSA) is 87.3 Å². The number of rotatable bonds is 3. The molecule has 0 saturated heterocycles. The van der Waals surface area contributed by atoms with Gasteiger partial charge in [-0.25, -0.2) is 4.79 Å². The van der Waals surface area contributed by atoms with Crippen LogP contribution in [-0.4, -0.2) is 20.1 Å². The molecule has 0 fully saturated rings. The van der Waals surface area contributed by atoms with Gasteiger partial charge in [-0.05, 0) is 24.3 Å². The Labute approximate surface area is 155 Å². The first-order valence-electron chi connectivity index (χ1n) is 7.92. The molecule has 3 aromatic rings. The third-order valence-corrected chi connectivity index (χ3v) is 4.19. The lowest BCUT2D eigenvalue weighted by molar-refractivity contribution is -0.274. The minimum absolute atomic E-state index is 0.0855. The fourth-order valence-electron chi connectivity index (χ4n) is 2.85. The molecule has 0 unspecified atom stereocenters. The number of ether oxygens (including phenoxy) is 1. The summed E-state index contributed by atoms with van der Waals surface area (Å²) in [5, 5.41) is 2.93. The van der Waals surface area contributed by atoms with Crippen LogP contribution in [0, 0.1) is 0 Å². The molecule has 0 spiro atoms. The molecule has 1 aromatic carbocycles. The molecule has 0 aliphatic heterocycles. The zero-order chi connectivity index (χ0) is 20.8. The van der Waals surface area contributed by atoms with Crippen LogP contribution < -0.4 is 26.9 Å². The fraction of sp³-hybridized carbons (Fsp3) is 0.235. The summed E-state index contributed by atoms with van der Waals surface area (Å²) in [7, 11) is 4.16. The van der Waals surface area contributed by atoms with Gasteiger partial charge in [-0.2, -0.15) is 0 Å². The highest BCUT2D eigenvalue weighted by molar-refractivity contribution is 5.90. The standard InChI is InChI=1S/C17H15F3N4O4/c1-22-12(25)8-11(13-14(22)23(2)16(27)24(3)15(13)26)21-9-4-6-10(7-5-9)28-17(18,19)20/h4-8,21H,1-3H3. The highest BCUT2D eigenvalue weighted by Gasteiger charge is 2.31. The minimum Gasteiger partial charge on any atom is -0.406 e. The normalized spacial score (nSPS) is 11.6. The van der Waals surface area contributed by atoms with Gasteiger partial charge in [0.2, 0.25) is 0 Å². The summed E-state index contributed by atoms with van der Waals surface area (Å²) in [6, 6.07) is 5.96. The number of hydrogen-bond acceptors (Lipinski definition) is 5. The molecule has 0 radical (unpaired) electrons. The van der Waals surface area contributed by atoms with Crippen molar-refractivity contribution in [3.63, 3.8) is 0 Å². The second-order valence-electron chi connectivity index (χ2n) is 6.06. The molecule has 0 saturated carbocycles. The number of halogens is 3. The molecule has 2 heterocycles. The summed E-state index contributed by atoms with van der Waals surface area (Å²) in [5.41, 5.74) is -1.14. The Morgan fingerprint density at radius 3 is 2.11 bits per heavy atom. The number of aromatic nitrogens is 3. The van der Waals surface area contributed by atoms with Crippen LogP contribution in [-0.2, 0) is 21.1 Å². The Morgan fingerprint density at radius 1 is 0.929 bits per heavy atom. The van der Waals surface area contributed by atoms with Crippen LogP contribution in [0.3, 0.4) is 0 Å². The van der Waals surface area contributed by atoms with E-state index in [1.807, 2.05) is 0 Å². The first-order valence-corrected chi connectivity index (χ1v) is 7.92. The summed E-state index contributed by atoms with van der Waals surface area (Å²) in [6.07, 6.45) is -4.81. The van der Waals surface area contributed by atoms with E-state index in [0.29, 0.717) is 5.69 Å². The number of pyridine rings is 1. The number of aryl methyl sites for hydroxylation is 2. The quantitative estimate of drug-likeness (QED) is 0.727.